The van der Waals surface area contributed by atoms with Gasteiger partial charge in [0.1, 0.15) is 6.29 Å². The van der Waals surface area contributed by atoms with Crippen LogP contribution in [0.25, 0.3) is 0 Å². The summed E-state index contributed by atoms with van der Waals surface area (Å²) in [5, 5.41) is 9.07. The third kappa shape index (κ3) is 2.75. The number of aryl methyl sites for hydroxylation is 2. The zero-order valence-corrected chi connectivity index (χ0v) is 11.3. The second kappa shape index (κ2) is 5.39. The SMILES string of the molecule is Cc1ccc(C2CCC(C(=O)O)=C(C=O)C2)c(C)c1. The highest BCUT2D eigenvalue weighted by molar-refractivity contribution is 5.94. The zero-order valence-electron chi connectivity index (χ0n) is 11.3. The van der Waals surface area contributed by atoms with Crippen molar-refractivity contribution in [2.75, 3.05) is 0 Å². The molecule has 0 spiro atoms. The zero-order chi connectivity index (χ0) is 14.0. The monoisotopic (exact) mass is 258 g/mol. The molecule has 0 radical (unpaired) electrons. The molecular weight excluding hydrogens is 240 g/mol. The fraction of sp³-hybridized carbons (Fsp3) is 0.375. The van der Waals surface area contributed by atoms with E-state index in [-0.39, 0.29) is 11.5 Å². The second-order valence-corrected chi connectivity index (χ2v) is 5.23. The van der Waals surface area contributed by atoms with Crippen LogP contribution in [0.5, 0.6) is 0 Å². The number of benzene rings is 1. The number of aliphatic carboxylic acids is 1. The third-order valence-electron chi connectivity index (χ3n) is 3.86. The summed E-state index contributed by atoms with van der Waals surface area (Å²) < 4.78 is 0. The van der Waals surface area contributed by atoms with Crippen LogP contribution in [0.3, 0.4) is 0 Å². The molecule has 0 aromatic heterocycles. The number of carbonyl (C=O) groups excluding carboxylic acids is 1. The molecule has 0 amide bonds. The van der Waals surface area contributed by atoms with Gasteiger partial charge < -0.3 is 5.11 Å². The smallest absolute Gasteiger partial charge is 0.331 e. The van der Waals surface area contributed by atoms with Gasteiger partial charge in [0.15, 0.2) is 0 Å². The van der Waals surface area contributed by atoms with Crippen LogP contribution in [0, 0.1) is 13.8 Å². The molecule has 1 aromatic rings. The van der Waals surface area contributed by atoms with Crippen LogP contribution in [0.15, 0.2) is 29.3 Å². The van der Waals surface area contributed by atoms with E-state index < -0.39 is 5.97 Å². The molecule has 19 heavy (non-hydrogen) atoms. The first-order chi connectivity index (χ1) is 9.02. The minimum absolute atomic E-state index is 0.254. The largest absolute Gasteiger partial charge is 0.478 e. The number of rotatable bonds is 3. The van der Waals surface area contributed by atoms with Crippen molar-refractivity contribution in [1.82, 2.24) is 0 Å². The summed E-state index contributed by atoms with van der Waals surface area (Å²) in [5.74, 6) is -0.704. The van der Waals surface area contributed by atoms with Crippen molar-refractivity contribution in [2.24, 2.45) is 0 Å². The normalized spacial score (nSPS) is 19.4. The lowest BCUT2D eigenvalue weighted by molar-refractivity contribution is -0.133. The van der Waals surface area contributed by atoms with Gasteiger partial charge >= 0.3 is 5.97 Å². The molecule has 1 unspecified atom stereocenters. The van der Waals surface area contributed by atoms with E-state index in [4.69, 9.17) is 5.11 Å². The topological polar surface area (TPSA) is 54.4 Å². The van der Waals surface area contributed by atoms with Gasteiger partial charge in [0, 0.05) is 11.1 Å². The van der Waals surface area contributed by atoms with E-state index >= 15 is 0 Å². The Kier molecular flexibility index (Phi) is 3.84. The van der Waals surface area contributed by atoms with Gasteiger partial charge in [-0.25, -0.2) is 4.79 Å². The molecule has 2 rings (SSSR count). The maximum Gasteiger partial charge on any atom is 0.331 e. The molecule has 0 aliphatic heterocycles. The fourth-order valence-electron chi connectivity index (χ4n) is 2.88. The number of allylic oxidation sites excluding steroid dienone is 1. The summed E-state index contributed by atoms with van der Waals surface area (Å²) in [6.07, 6.45) is 2.51. The number of hydrogen-bond donors (Lipinski definition) is 1. The van der Waals surface area contributed by atoms with E-state index in [1.54, 1.807) is 0 Å². The quantitative estimate of drug-likeness (QED) is 0.847. The Morgan fingerprint density at radius 1 is 1.37 bits per heavy atom. The van der Waals surface area contributed by atoms with E-state index in [0.29, 0.717) is 24.7 Å². The Balaban J connectivity index is 2.31. The number of carboxylic acids is 1. The summed E-state index contributed by atoms with van der Waals surface area (Å²) in [6, 6.07) is 6.30. The van der Waals surface area contributed by atoms with E-state index in [9.17, 15) is 9.59 Å². The predicted octanol–water partition coefficient (Wildman–Crippen LogP) is 3.15. The maximum absolute atomic E-state index is 11.1. The highest BCUT2D eigenvalue weighted by Crippen LogP contribution is 2.37. The van der Waals surface area contributed by atoms with Crippen LogP contribution < -0.4 is 0 Å². The number of carboxylic acid groups (broad SMARTS) is 1. The van der Waals surface area contributed by atoms with E-state index in [1.165, 1.54) is 16.7 Å². The van der Waals surface area contributed by atoms with Gasteiger partial charge in [0.25, 0.3) is 0 Å². The number of carbonyl (C=O) groups is 2. The number of hydrogen-bond acceptors (Lipinski definition) is 2. The van der Waals surface area contributed by atoms with Crippen molar-refractivity contribution in [3.63, 3.8) is 0 Å². The molecule has 0 bridgehead atoms. The Bertz CT molecular complexity index is 555. The van der Waals surface area contributed by atoms with Crippen molar-refractivity contribution in [1.29, 1.82) is 0 Å². The first kappa shape index (κ1) is 13.5. The standard InChI is InChI=1S/C16H18O3/c1-10-3-5-14(11(2)7-10)12-4-6-15(16(18)19)13(8-12)9-17/h3,5,7,9,12H,4,6,8H2,1-2H3,(H,18,19). The highest BCUT2D eigenvalue weighted by atomic mass is 16.4. The summed E-state index contributed by atoms with van der Waals surface area (Å²) in [6.45, 7) is 4.12. The summed E-state index contributed by atoms with van der Waals surface area (Å²) in [4.78, 5) is 22.1. The summed E-state index contributed by atoms with van der Waals surface area (Å²) >= 11 is 0. The maximum atomic E-state index is 11.1. The first-order valence-electron chi connectivity index (χ1n) is 6.50. The van der Waals surface area contributed by atoms with Crippen molar-refractivity contribution < 1.29 is 14.7 Å². The van der Waals surface area contributed by atoms with E-state index in [1.807, 2.05) is 0 Å². The molecular formula is C16H18O3. The molecule has 1 aliphatic rings. The molecule has 0 fully saturated rings. The Morgan fingerprint density at radius 2 is 2.11 bits per heavy atom. The average molecular weight is 258 g/mol. The Hall–Kier alpha value is -1.90. The van der Waals surface area contributed by atoms with Gasteiger partial charge in [0.2, 0.25) is 0 Å². The van der Waals surface area contributed by atoms with Crippen molar-refractivity contribution in [3.8, 4) is 0 Å². The molecule has 1 aromatic carbocycles. The van der Waals surface area contributed by atoms with Crippen LogP contribution in [0.1, 0.15) is 41.9 Å². The number of aldehydes is 1. The van der Waals surface area contributed by atoms with Gasteiger partial charge in [0.05, 0.1) is 0 Å². The molecule has 0 heterocycles. The molecule has 1 aliphatic carbocycles. The van der Waals surface area contributed by atoms with Crippen LogP contribution >= 0.6 is 0 Å². The van der Waals surface area contributed by atoms with Crippen LogP contribution in [-0.2, 0) is 9.59 Å². The first-order valence-corrected chi connectivity index (χ1v) is 6.50. The molecule has 3 heteroatoms. The predicted molar refractivity (Wildman–Crippen MR) is 73.2 cm³/mol. The van der Waals surface area contributed by atoms with Crippen LogP contribution in [-0.4, -0.2) is 17.4 Å². The van der Waals surface area contributed by atoms with E-state index in [2.05, 4.69) is 32.0 Å². The molecule has 1 atom stereocenters. The highest BCUT2D eigenvalue weighted by Gasteiger charge is 2.26. The van der Waals surface area contributed by atoms with Gasteiger partial charge in [-0.05, 0) is 50.2 Å². The second-order valence-electron chi connectivity index (χ2n) is 5.23. The summed E-state index contributed by atoms with van der Waals surface area (Å²) in [5.41, 5.74) is 4.40. The van der Waals surface area contributed by atoms with Crippen molar-refractivity contribution in [2.45, 2.75) is 39.0 Å². The fourth-order valence-corrected chi connectivity index (χ4v) is 2.88. The Morgan fingerprint density at radius 3 is 2.68 bits per heavy atom. The minimum atomic E-state index is -0.957. The summed E-state index contributed by atoms with van der Waals surface area (Å²) in [7, 11) is 0. The van der Waals surface area contributed by atoms with Crippen LogP contribution in [0.4, 0.5) is 0 Å². The van der Waals surface area contributed by atoms with Crippen molar-refractivity contribution >= 4 is 12.3 Å². The molecule has 3 nitrogen and oxygen atoms in total. The molecule has 0 saturated heterocycles. The lowest BCUT2D eigenvalue weighted by atomic mass is 9.79. The minimum Gasteiger partial charge on any atom is -0.478 e. The van der Waals surface area contributed by atoms with Gasteiger partial charge in [-0.2, -0.15) is 0 Å². The molecule has 0 saturated carbocycles. The van der Waals surface area contributed by atoms with E-state index in [0.717, 1.165) is 6.42 Å². The van der Waals surface area contributed by atoms with Crippen LogP contribution in [0.2, 0.25) is 0 Å². The van der Waals surface area contributed by atoms with Gasteiger partial charge in [-0.3, -0.25) is 4.79 Å². The lowest BCUT2D eigenvalue weighted by Crippen LogP contribution is -2.16. The molecule has 100 valence electrons. The molecule has 1 N–H and O–H groups in total. The van der Waals surface area contributed by atoms with Gasteiger partial charge in [-0.15, -0.1) is 0 Å². The van der Waals surface area contributed by atoms with Crippen molar-refractivity contribution in [3.05, 3.63) is 46.0 Å². The average Bonchev–Trinajstić information content (AvgIpc) is 2.37. The Labute approximate surface area is 113 Å². The third-order valence-corrected chi connectivity index (χ3v) is 3.86. The van der Waals surface area contributed by atoms with Gasteiger partial charge in [-0.1, -0.05) is 23.8 Å². The lowest BCUT2D eigenvalue weighted by Gasteiger charge is -2.25.